The van der Waals surface area contributed by atoms with Crippen molar-refractivity contribution < 1.29 is 28.6 Å². The van der Waals surface area contributed by atoms with E-state index in [0.717, 1.165) is 0 Å². The van der Waals surface area contributed by atoms with E-state index in [9.17, 15) is 19.1 Å². The zero-order valence-electron chi connectivity index (χ0n) is 19.4. The summed E-state index contributed by atoms with van der Waals surface area (Å²) >= 11 is 12.4. The molecule has 1 saturated heterocycles. The maximum absolute atomic E-state index is 13.6. The van der Waals surface area contributed by atoms with Crippen LogP contribution in [-0.4, -0.2) is 30.0 Å². The molecule has 1 amide bonds. The Balaban J connectivity index is 1.95. The molecular weight excluding hydrogens is 508 g/mol. The smallest absolute Gasteiger partial charge is 0.300 e. The molecule has 1 N–H and O–H groups in total. The number of anilines is 1. The minimum Gasteiger partial charge on any atom is -0.507 e. The molecular formula is C27H22Cl2FNO5. The van der Waals surface area contributed by atoms with Crippen molar-refractivity contribution in [3.63, 3.8) is 0 Å². The molecule has 1 atom stereocenters. The zero-order valence-corrected chi connectivity index (χ0v) is 20.9. The third kappa shape index (κ3) is 4.76. The van der Waals surface area contributed by atoms with Gasteiger partial charge in [0, 0.05) is 11.8 Å². The highest BCUT2D eigenvalue weighted by atomic mass is 35.5. The molecule has 0 aliphatic carbocycles. The number of aliphatic hydroxyl groups excluding tert-OH is 1. The fourth-order valence-corrected chi connectivity index (χ4v) is 4.38. The van der Waals surface area contributed by atoms with Crippen LogP contribution in [0.4, 0.5) is 10.1 Å². The quantitative estimate of drug-likeness (QED) is 0.213. The minimum atomic E-state index is -1.06. The second-order valence-electron chi connectivity index (χ2n) is 7.84. The Kier molecular flexibility index (Phi) is 7.52. The molecule has 0 saturated carbocycles. The monoisotopic (exact) mass is 529 g/mol. The van der Waals surface area contributed by atoms with Gasteiger partial charge in [0.05, 0.1) is 40.4 Å². The van der Waals surface area contributed by atoms with Crippen LogP contribution in [0.5, 0.6) is 11.5 Å². The molecule has 6 nitrogen and oxygen atoms in total. The molecule has 1 heterocycles. The van der Waals surface area contributed by atoms with E-state index < -0.39 is 29.3 Å². The fourth-order valence-electron chi connectivity index (χ4n) is 4.07. The van der Waals surface area contributed by atoms with Gasteiger partial charge in [0.15, 0.2) is 0 Å². The number of ether oxygens (including phenoxy) is 2. The van der Waals surface area contributed by atoms with Gasteiger partial charge in [0.25, 0.3) is 11.7 Å². The zero-order chi connectivity index (χ0) is 26.0. The van der Waals surface area contributed by atoms with Crippen molar-refractivity contribution in [3.05, 3.63) is 93.2 Å². The second-order valence-corrected chi connectivity index (χ2v) is 8.66. The standard InChI is InChI=1S/C27H22Cl2FNO5/c1-3-35-18-10-11-19(22(14-18)36-4-2)25(32)23-24(15-5-12-20(28)21(29)13-15)31(27(34)26(23)33)17-8-6-16(30)7-9-17/h5-14,24,32H,3-4H2,1-2H3/b25-23-. The molecule has 3 aromatic rings. The molecule has 186 valence electrons. The number of benzene rings is 3. The van der Waals surface area contributed by atoms with Gasteiger partial charge in [-0.2, -0.15) is 0 Å². The van der Waals surface area contributed by atoms with Crippen LogP contribution in [0.1, 0.15) is 31.0 Å². The second kappa shape index (κ2) is 10.6. The summed E-state index contributed by atoms with van der Waals surface area (Å²) in [5, 5.41) is 11.9. The summed E-state index contributed by atoms with van der Waals surface area (Å²) in [4.78, 5) is 27.8. The summed E-state index contributed by atoms with van der Waals surface area (Å²) in [5.74, 6) is -1.93. The molecule has 1 aliphatic rings. The topological polar surface area (TPSA) is 76.1 Å². The van der Waals surface area contributed by atoms with Gasteiger partial charge in [-0.15, -0.1) is 0 Å². The van der Waals surface area contributed by atoms with Gasteiger partial charge < -0.3 is 14.6 Å². The van der Waals surface area contributed by atoms with E-state index in [1.54, 1.807) is 31.2 Å². The number of halogens is 3. The normalized spacial score (nSPS) is 16.9. The lowest BCUT2D eigenvalue weighted by atomic mass is 9.94. The predicted octanol–water partition coefficient (Wildman–Crippen LogP) is 6.56. The summed E-state index contributed by atoms with van der Waals surface area (Å²) in [5.41, 5.74) is 0.735. The Labute approximate surface area is 217 Å². The summed E-state index contributed by atoms with van der Waals surface area (Å²) in [7, 11) is 0. The van der Waals surface area contributed by atoms with E-state index in [1.807, 2.05) is 6.92 Å². The van der Waals surface area contributed by atoms with Crippen molar-refractivity contribution in [3.8, 4) is 11.5 Å². The van der Waals surface area contributed by atoms with Crippen molar-refractivity contribution in [1.29, 1.82) is 0 Å². The van der Waals surface area contributed by atoms with E-state index in [-0.39, 0.29) is 39.2 Å². The highest BCUT2D eigenvalue weighted by molar-refractivity contribution is 6.52. The summed E-state index contributed by atoms with van der Waals surface area (Å²) in [6.07, 6.45) is 0. The molecule has 36 heavy (non-hydrogen) atoms. The molecule has 3 aromatic carbocycles. The number of hydrogen-bond acceptors (Lipinski definition) is 5. The van der Waals surface area contributed by atoms with E-state index in [1.165, 1.54) is 41.3 Å². The molecule has 9 heteroatoms. The van der Waals surface area contributed by atoms with Crippen LogP contribution in [0.15, 0.2) is 66.2 Å². The minimum absolute atomic E-state index is 0.173. The first kappa shape index (κ1) is 25.5. The summed E-state index contributed by atoms with van der Waals surface area (Å²) in [6.45, 7) is 4.33. The van der Waals surface area contributed by atoms with Crippen molar-refractivity contribution >= 4 is 46.3 Å². The van der Waals surface area contributed by atoms with Crippen LogP contribution in [0.3, 0.4) is 0 Å². The fraction of sp³-hybridized carbons (Fsp3) is 0.185. The first-order valence-corrected chi connectivity index (χ1v) is 11.9. The SMILES string of the molecule is CCOc1ccc(/C(O)=C2/C(=O)C(=O)N(c3ccc(F)cc3)C2c2ccc(Cl)c(Cl)c2)c(OCC)c1. The number of rotatable bonds is 7. The Morgan fingerprint density at radius 2 is 1.64 bits per heavy atom. The van der Waals surface area contributed by atoms with Crippen LogP contribution < -0.4 is 14.4 Å². The maximum atomic E-state index is 13.6. The number of hydrogen-bond donors (Lipinski definition) is 1. The highest BCUT2D eigenvalue weighted by Gasteiger charge is 2.47. The highest BCUT2D eigenvalue weighted by Crippen LogP contribution is 2.44. The Morgan fingerprint density at radius 1 is 0.944 bits per heavy atom. The summed E-state index contributed by atoms with van der Waals surface area (Å²) in [6, 6.07) is 13.5. The van der Waals surface area contributed by atoms with Crippen LogP contribution in [0, 0.1) is 5.82 Å². The lowest BCUT2D eigenvalue weighted by Gasteiger charge is -2.26. The Morgan fingerprint density at radius 3 is 2.28 bits per heavy atom. The Bertz CT molecular complexity index is 1360. The number of Topliss-reactive ketones (excluding diaryl/α,β-unsaturated/α-hetero) is 1. The number of carbonyl (C=O) groups excluding carboxylic acids is 2. The first-order valence-electron chi connectivity index (χ1n) is 11.2. The van der Waals surface area contributed by atoms with Crippen LogP contribution in [0.2, 0.25) is 10.0 Å². The van der Waals surface area contributed by atoms with E-state index in [4.69, 9.17) is 32.7 Å². The molecule has 0 radical (unpaired) electrons. The average Bonchev–Trinajstić information content (AvgIpc) is 3.12. The van der Waals surface area contributed by atoms with Crippen molar-refractivity contribution in [1.82, 2.24) is 0 Å². The van der Waals surface area contributed by atoms with Crippen LogP contribution >= 0.6 is 23.2 Å². The van der Waals surface area contributed by atoms with Crippen molar-refractivity contribution in [2.45, 2.75) is 19.9 Å². The lowest BCUT2D eigenvalue weighted by Crippen LogP contribution is -2.29. The molecule has 4 rings (SSSR count). The lowest BCUT2D eigenvalue weighted by molar-refractivity contribution is -0.132. The van der Waals surface area contributed by atoms with Gasteiger partial charge >= 0.3 is 0 Å². The number of aliphatic hydroxyl groups is 1. The van der Waals surface area contributed by atoms with Crippen LogP contribution in [0.25, 0.3) is 5.76 Å². The average molecular weight is 530 g/mol. The van der Waals surface area contributed by atoms with Gasteiger partial charge in [0.1, 0.15) is 23.1 Å². The van der Waals surface area contributed by atoms with Crippen molar-refractivity contribution in [2.24, 2.45) is 0 Å². The molecule has 1 unspecified atom stereocenters. The molecule has 0 aromatic heterocycles. The summed E-state index contributed by atoms with van der Waals surface area (Å²) < 4.78 is 24.8. The van der Waals surface area contributed by atoms with Gasteiger partial charge in [0.2, 0.25) is 0 Å². The third-order valence-electron chi connectivity index (χ3n) is 5.63. The Hall–Kier alpha value is -3.55. The van der Waals surface area contributed by atoms with Gasteiger partial charge in [-0.3, -0.25) is 14.5 Å². The molecule has 1 aliphatic heterocycles. The molecule has 1 fully saturated rings. The van der Waals surface area contributed by atoms with E-state index in [2.05, 4.69) is 0 Å². The largest absolute Gasteiger partial charge is 0.507 e. The van der Waals surface area contributed by atoms with E-state index in [0.29, 0.717) is 17.9 Å². The molecule has 0 bridgehead atoms. The first-order chi connectivity index (χ1) is 17.3. The number of ketones is 1. The van der Waals surface area contributed by atoms with Crippen molar-refractivity contribution in [2.75, 3.05) is 18.1 Å². The van der Waals surface area contributed by atoms with E-state index >= 15 is 0 Å². The van der Waals surface area contributed by atoms with Gasteiger partial charge in [-0.05, 0) is 67.9 Å². The van der Waals surface area contributed by atoms with Gasteiger partial charge in [-0.1, -0.05) is 29.3 Å². The number of nitrogens with zero attached hydrogens (tertiary/aromatic N) is 1. The number of amides is 1. The maximum Gasteiger partial charge on any atom is 0.300 e. The van der Waals surface area contributed by atoms with Gasteiger partial charge in [-0.25, -0.2) is 4.39 Å². The number of carbonyl (C=O) groups is 2. The predicted molar refractivity (Wildman–Crippen MR) is 136 cm³/mol. The molecule has 0 spiro atoms. The third-order valence-corrected chi connectivity index (χ3v) is 6.37. The van der Waals surface area contributed by atoms with Crippen LogP contribution in [-0.2, 0) is 9.59 Å².